The average molecular weight is 304 g/mol. The number of aromatic amines is 1. The molecule has 1 saturated heterocycles. The van der Waals surface area contributed by atoms with Gasteiger partial charge in [-0.05, 0) is 58.9 Å². The van der Waals surface area contributed by atoms with Crippen molar-refractivity contribution in [3.8, 4) is 0 Å². The fourth-order valence-electron chi connectivity index (χ4n) is 3.68. The van der Waals surface area contributed by atoms with Crippen LogP contribution in [0.25, 0.3) is 0 Å². The molecule has 1 aliphatic heterocycles. The molecule has 122 valence electrons. The van der Waals surface area contributed by atoms with Crippen molar-refractivity contribution < 1.29 is 4.79 Å². The van der Waals surface area contributed by atoms with E-state index in [1.54, 1.807) is 0 Å². The predicted octanol–water partition coefficient (Wildman–Crippen LogP) is 2.34. The smallest absolute Gasteiger partial charge is 0.221 e. The van der Waals surface area contributed by atoms with Crippen LogP contribution in [0.15, 0.2) is 0 Å². The number of amides is 1. The van der Waals surface area contributed by atoms with E-state index < -0.39 is 0 Å². The van der Waals surface area contributed by atoms with E-state index in [0.29, 0.717) is 12.5 Å². The Hall–Kier alpha value is -1.36. The number of aryl methyl sites for hydroxylation is 2. The Labute approximate surface area is 132 Å². The first-order valence-electron chi connectivity index (χ1n) is 8.74. The van der Waals surface area contributed by atoms with Gasteiger partial charge in [-0.2, -0.15) is 0 Å². The molecular formula is C17H28N4O. The van der Waals surface area contributed by atoms with Gasteiger partial charge in [0, 0.05) is 24.7 Å². The van der Waals surface area contributed by atoms with Gasteiger partial charge in [-0.1, -0.05) is 0 Å². The van der Waals surface area contributed by atoms with Gasteiger partial charge in [0.2, 0.25) is 5.91 Å². The van der Waals surface area contributed by atoms with Crippen LogP contribution in [0, 0.1) is 0 Å². The number of carbonyl (C=O) groups is 1. The molecule has 0 bridgehead atoms. The van der Waals surface area contributed by atoms with E-state index >= 15 is 0 Å². The number of nitrogens with zero attached hydrogens (tertiary/aromatic N) is 2. The zero-order valence-corrected chi connectivity index (χ0v) is 13.8. The predicted molar refractivity (Wildman–Crippen MR) is 86.7 cm³/mol. The van der Waals surface area contributed by atoms with Crippen molar-refractivity contribution in [3.05, 3.63) is 17.2 Å². The SMILES string of the molecule is CC(C)NC(=O)CCN1CCC[C@H]1c1nc2c([nH]1)CCCC2. The molecule has 5 nitrogen and oxygen atoms in total. The molecule has 1 fully saturated rings. The largest absolute Gasteiger partial charge is 0.354 e. The van der Waals surface area contributed by atoms with E-state index in [1.807, 2.05) is 13.8 Å². The molecule has 0 radical (unpaired) electrons. The summed E-state index contributed by atoms with van der Waals surface area (Å²) in [7, 11) is 0. The summed E-state index contributed by atoms with van der Waals surface area (Å²) in [5, 5.41) is 2.97. The molecule has 2 heterocycles. The van der Waals surface area contributed by atoms with Crippen molar-refractivity contribution in [2.45, 2.75) is 70.9 Å². The Bertz CT molecular complexity index is 499. The summed E-state index contributed by atoms with van der Waals surface area (Å²) in [6, 6.07) is 0.594. The van der Waals surface area contributed by atoms with Crippen molar-refractivity contribution >= 4 is 5.91 Å². The second-order valence-electron chi connectivity index (χ2n) is 6.92. The minimum Gasteiger partial charge on any atom is -0.354 e. The Morgan fingerprint density at radius 1 is 1.36 bits per heavy atom. The van der Waals surface area contributed by atoms with Gasteiger partial charge in [0.05, 0.1) is 11.7 Å². The minimum absolute atomic E-state index is 0.152. The first-order chi connectivity index (χ1) is 10.6. The van der Waals surface area contributed by atoms with Crippen LogP contribution in [0.3, 0.4) is 0 Å². The number of likely N-dealkylation sites (tertiary alicyclic amines) is 1. The topological polar surface area (TPSA) is 61.0 Å². The highest BCUT2D eigenvalue weighted by Gasteiger charge is 2.29. The van der Waals surface area contributed by atoms with Gasteiger partial charge >= 0.3 is 0 Å². The molecule has 1 aromatic heterocycles. The molecule has 2 N–H and O–H groups in total. The maximum Gasteiger partial charge on any atom is 0.221 e. The number of imidazole rings is 1. The zero-order valence-electron chi connectivity index (χ0n) is 13.8. The van der Waals surface area contributed by atoms with E-state index in [-0.39, 0.29) is 11.9 Å². The number of fused-ring (bicyclic) bond motifs is 1. The first kappa shape index (κ1) is 15.5. The number of carbonyl (C=O) groups excluding carboxylic acids is 1. The molecule has 1 aliphatic carbocycles. The molecule has 5 heteroatoms. The molecule has 0 saturated carbocycles. The summed E-state index contributed by atoms with van der Waals surface area (Å²) >= 11 is 0. The summed E-state index contributed by atoms with van der Waals surface area (Å²) in [5.41, 5.74) is 2.64. The number of H-pyrrole nitrogens is 1. The van der Waals surface area contributed by atoms with Crippen LogP contribution in [0.2, 0.25) is 0 Å². The third-order valence-electron chi connectivity index (χ3n) is 4.73. The summed E-state index contributed by atoms with van der Waals surface area (Å²) in [6.07, 6.45) is 7.73. The van der Waals surface area contributed by atoms with Gasteiger partial charge in [0.25, 0.3) is 0 Å². The normalized spacial score (nSPS) is 22.0. The summed E-state index contributed by atoms with van der Waals surface area (Å²) in [6.45, 7) is 5.91. The lowest BCUT2D eigenvalue weighted by Gasteiger charge is -2.22. The highest BCUT2D eigenvalue weighted by molar-refractivity contribution is 5.76. The quantitative estimate of drug-likeness (QED) is 0.878. The van der Waals surface area contributed by atoms with Crippen LogP contribution in [0.1, 0.15) is 69.2 Å². The number of hydrogen-bond donors (Lipinski definition) is 2. The van der Waals surface area contributed by atoms with E-state index in [9.17, 15) is 4.79 Å². The molecule has 3 rings (SSSR count). The summed E-state index contributed by atoms with van der Waals surface area (Å²) in [4.78, 5) is 22.7. The standard InChI is InChI=1S/C17H28N4O/c1-12(2)18-16(22)9-11-21-10-5-8-15(21)17-19-13-6-3-4-7-14(13)20-17/h12,15H,3-11H2,1-2H3,(H,18,22)(H,19,20)/t15-/m0/s1. The monoisotopic (exact) mass is 304 g/mol. The second-order valence-corrected chi connectivity index (χ2v) is 6.92. The Kier molecular flexibility index (Phi) is 4.81. The van der Waals surface area contributed by atoms with E-state index in [4.69, 9.17) is 4.98 Å². The van der Waals surface area contributed by atoms with Crippen molar-refractivity contribution in [2.75, 3.05) is 13.1 Å². The lowest BCUT2D eigenvalue weighted by molar-refractivity contribution is -0.121. The van der Waals surface area contributed by atoms with E-state index in [2.05, 4.69) is 15.2 Å². The fourth-order valence-corrected chi connectivity index (χ4v) is 3.68. The van der Waals surface area contributed by atoms with Crippen LogP contribution in [-0.2, 0) is 17.6 Å². The van der Waals surface area contributed by atoms with Gasteiger partial charge in [-0.3, -0.25) is 9.69 Å². The molecular weight excluding hydrogens is 276 g/mol. The van der Waals surface area contributed by atoms with E-state index in [0.717, 1.165) is 38.2 Å². The lowest BCUT2D eigenvalue weighted by Crippen LogP contribution is -2.34. The molecule has 1 amide bonds. The molecule has 22 heavy (non-hydrogen) atoms. The fraction of sp³-hybridized carbons (Fsp3) is 0.765. The maximum atomic E-state index is 11.9. The van der Waals surface area contributed by atoms with Crippen LogP contribution in [0.5, 0.6) is 0 Å². The summed E-state index contributed by atoms with van der Waals surface area (Å²) in [5.74, 6) is 1.29. The highest BCUT2D eigenvalue weighted by atomic mass is 16.1. The number of rotatable bonds is 5. The van der Waals surface area contributed by atoms with E-state index in [1.165, 1.54) is 30.7 Å². The molecule has 1 aromatic rings. The molecule has 0 aromatic carbocycles. The molecule has 2 aliphatic rings. The zero-order chi connectivity index (χ0) is 15.5. The third kappa shape index (κ3) is 3.51. The first-order valence-corrected chi connectivity index (χ1v) is 8.74. The van der Waals surface area contributed by atoms with Crippen LogP contribution in [0.4, 0.5) is 0 Å². The Morgan fingerprint density at radius 3 is 2.95 bits per heavy atom. The average Bonchev–Trinajstić information content (AvgIpc) is 3.10. The van der Waals surface area contributed by atoms with Gasteiger partial charge in [0.1, 0.15) is 5.82 Å². The second kappa shape index (κ2) is 6.82. The van der Waals surface area contributed by atoms with Crippen LogP contribution < -0.4 is 5.32 Å². The van der Waals surface area contributed by atoms with Gasteiger partial charge in [0.15, 0.2) is 0 Å². The van der Waals surface area contributed by atoms with Crippen molar-refractivity contribution in [1.82, 2.24) is 20.2 Å². The van der Waals surface area contributed by atoms with Crippen LogP contribution in [-0.4, -0.2) is 39.9 Å². The van der Waals surface area contributed by atoms with Gasteiger partial charge in [-0.15, -0.1) is 0 Å². The minimum atomic E-state index is 0.152. The highest BCUT2D eigenvalue weighted by Crippen LogP contribution is 2.32. The lowest BCUT2D eigenvalue weighted by atomic mass is 10.0. The van der Waals surface area contributed by atoms with Crippen molar-refractivity contribution in [3.63, 3.8) is 0 Å². The molecule has 1 atom stereocenters. The Morgan fingerprint density at radius 2 is 2.18 bits per heavy atom. The third-order valence-corrected chi connectivity index (χ3v) is 4.73. The number of hydrogen-bond acceptors (Lipinski definition) is 3. The maximum absolute atomic E-state index is 11.9. The van der Waals surface area contributed by atoms with Crippen LogP contribution >= 0.6 is 0 Å². The van der Waals surface area contributed by atoms with Crippen molar-refractivity contribution in [2.24, 2.45) is 0 Å². The van der Waals surface area contributed by atoms with Gasteiger partial charge < -0.3 is 10.3 Å². The molecule has 0 spiro atoms. The summed E-state index contributed by atoms with van der Waals surface area (Å²) < 4.78 is 0. The van der Waals surface area contributed by atoms with Crippen molar-refractivity contribution in [1.29, 1.82) is 0 Å². The van der Waals surface area contributed by atoms with Gasteiger partial charge in [-0.25, -0.2) is 4.98 Å². The molecule has 0 unspecified atom stereocenters. The Balaban J connectivity index is 1.60. The number of nitrogens with one attached hydrogen (secondary N) is 2. The number of aromatic nitrogens is 2.